The number of guanidine groups is 1. The van der Waals surface area contributed by atoms with Gasteiger partial charge in [-0.25, -0.2) is 4.99 Å². The van der Waals surface area contributed by atoms with Crippen molar-refractivity contribution in [1.82, 2.24) is 10.6 Å². The van der Waals surface area contributed by atoms with Crippen LogP contribution in [0, 0.1) is 0 Å². The lowest BCUT2D eigenvalue weighted by Crippen LogP contribution is -2.40. The first kappa shape index (κ1) is 14.1. The van der Waals surface area contributed by atoms with Crippen LogP contribution in [0.1, 0.15) is 50.4 Å². The molecule has 1 atom stereocenters. The Morgan fingerprint density at radius 3 is 2.58 bits per heavy atom. The number of hydrogen-bond acceptors (Lipinski definition) is 4. The molecule has 0 radical (unpaired) electrons. The van der Waals surface area contributed by atoms with Crippen LogP contribution < -0.4 is 10.6 Å². The summed E-state index contributed by atoms with van der Waals surface area (Å²) in [7, 11) is 0. The number of aliphatic imine (C=N–C) groups is 1. The first-order valence-electron chi connectivity index (χ1n) is 6.53. The van der Waals surface area contributed by atoms with Gasteiger partial charge in [0.25, 0.3) is 5.91 Å². The average Bonchev–Trinajstić information content (AvgIpc) is 2.82. The predicted molar refractivity (Wildman–Crippen MR) is 79.6 cm³/mol. The summed E-state index contributed by atoms with van der Waals surface area (Å²) < 4.78 is 0. The zero-order valence-electron chi connectivity index (χ0n) is 12.1. The van der Waals surface area contributed by atoms with Crippen LogP contribution >= 0.6 is 11.3 Å². The SMILES string of the molecule is CC(C)NC1=NC(c2ccc(C(C)(C)C)s2)C(=O)N1. The number of carbonyl (C=O) groups is 1. The van der Waals surface area contributed by atoms with Crippen molar-refractivity contribution in [1.29, 1.82) is 0 Å². The number of nitrogens with zero attached hydrogens (tertiary/aromatic N) is 1. The molecular formula is C14H21N3OS. The molecule has 104 valence electrons. The van der Waals surface area contributed by atoms with Crippen molar-refractivity contribution in [3.05, 3.63) is 21.9 Å². The van der Waals surface area contributed by atoms with Gasteiger partial charge < -0.3 is 5.32 Å². The van der Waals surface area contributed by atoms with Crippen molar-refractivity contribution in [2.45, 2.75) is 52.1 Å². The molecule has 1 aliphatic rings. The molecule has 2 N–H and O–H groups in total. The number of hydrogen-bond donors (Lipinski definition) is 2. The summed E-state index contributed by atoms with van der Waals surface area (Å²) in [5.74, 6) is 0.529. The zero-order chi connectivity index (χ0) is 14.2. The van der Waals surface area contributed by atoms with Gasteiger partial charge in [-0.15, -0.1) is 11.3 Å². The van der Waals surface area contributed by atoms with Gasteiger partial charge in [0.15, 0.2) is 12.0 Å². The topological polar surface area (TPSA) is 53.5 Å². The Morgan fingerprint density at radius 1 is 1.37 bits per heavy atom. The van der Waals surface area contributed by atoms with E-state index in [1.165, 1.54) is 4.88 Å². The van der Waals surface area contributed by atoms with Gasteiger partial charge >= 0.3 is 0 Å². The molecule has 0 fully saturated rings. The van der Waals surface area contributed by atoms with Gasteiger partial charge in [0.2, 0.25) is 0 Å². The highest BCUT2D eigenvalue weighted by atomic mass is 32.1. The van der Waals surface area contributed by atoms with E-state index < -0.39 is 6.04 Å². The highest BCUT2D eigenvalue weighted by Crippen LogP contribution is 2.34. The van der Waals surface area contributed by atoms with Crippen LogP contribution in [0.25, 0.3) is 0 Å². The maximum Gasteiger partial charge on any atom is 0.257 e. The predicted octanol–water partition coefficient (Wildman–Crippen LogP) is 2.57. The fraction of sp³-hybridized carbons (Fsp3) is 0.571. The van der Waals surface area contributed by atoms with Crippen LogP contribution in [0.5, 0.6) is 0 Å². The number of thiophene rings is 1. The first-order valence-corrected chi connectivity index (χ1v) is 7.34. The Bertz CT molecular complexity index is 511. The largest absolute Gasteiger partial charge is 0.354 e. The molecular weight excluding hydrogens is 258 g/mol. The van der Waals surface area contributed by atoms with Gasteiger partial charge in [-0.1, -0.05) is 20.8 Å². The summed E-state index contributed by atoms with van der Waals surface area (Å²) in [4.78, 5) is 18.7. The van der Waals surface area contributed by atoms with Crippen molar-refractivity contribution in [2.24, 2.45) is 4.99 Å². The smallest absolute Gasteiger partial charge is 0.257 e. The van der Waals surface area contributed by atoms with Crippen LogP contribution in [0.3, 0.4) is 0 Å². The van der Waals surface area contributed by atoms with E-state index in [1.54, 1.807) is 11.3 Å². The van der Waals surface area contributed by atoms with Gasteiger partial charge in [0.1, 0.15) is 0 Å². The highest BCUT2D eigenvalue weighted by molar-refractivity contribution is 7.12. The van der Waals surface area contributed by atoms with Crippen molar-refractivity contribution < 1.29 is 4.79 Å². The van der Waals surface area contributed by atoms with Gasteiger partial charge in [0.05, 0.1) is 0 Å². The van der Waals surface area contributed by atoms with E-state index in [1.807, 2.05) is 19.9 Å². The van der Waals surface area contributed by atoms with E-state index in [9.17, 15) is 4.79 Å². The summed E-state index contributed by atoms with van der Waals surface area (Å²) in [5, 5.41) is 5.92. The van der Waals surface area contributed by atoms with Crippen LogP contribution in [0.2, 0.25) is 0 Å². The summed E-state index contributed by atoms with van der Waals surface area (Å²) in [5.41, 5.74) is 0.112. The van der Waals surface area contributed by atoms with Crippen molar-refractivity contribution in [2.75, 3.05) is 0 Å². The molecule has 1 aromatic rings. The molecule has 0 spiro atoms. The van der Waals surface area contributed by atoms with Crippen LogP contribution in [0.4, 0.5) is 0 Å². The van der Waals surface area contributed by atoms with E-state index in [0.717, 1.165) is 4.88 Å². The van der Waals surface area contributed by atoms with Crippen LogP contribution in [-0.4, -0.2) is 17.9 Å². The molecule has 1 amide bonds. The maximum atomic E-state index is 12.0. The number of amides is 1. The molecule has 19 heavy (non-hydrogen) atoms. The fourth-order valence-corrected chi connectivity index (χ4v) is 2.95. The molecule has 1 unspecified atom stereocenters. The quantitative estimate of drug-likeness (QED) is 0.874. The third-order valence-corrected chi connectivity index (χ3v) is 4.37. The fourth-order valence-electron chi connectivity index (χ4n) is 1.85. The van der Waals surface area contributed by atoms with Crippen molar-refractivity contribution in [3.63, 3.8) is 0 Å². The average molecular weight is 279 g/mol. The molecule has 2 rings (SSSR count). The Kier molecular flexibility index (Phi) is 3.67. The second-order valence-electron chi connectivity index (χ2n) is 6.12. The van der Waals surface area contributed by atoms with E-state index in [4.69, 9.17) is 0 Å². The van der Waals surface area contributed by atoms with E-state index in [2.05, 4.69) is 42.5 Å². The molecule has 0 saturated carbocycles. The minimum absolute atomic E-state index is 0.0505. The molecule has 0 bridgehead atoms. The van der Waals surface area contributed by atoms with E-state index in [0.29, 0.717) is 5.96 Å². The normalized spacial score (nSPS) is 19.6. The monoisotopic (exact) mass is 279 g/mol. The Balaban J connectivity index is 2.20. The minimum Gasteiger partial charge on any atom is -0.354 e. The lowest BCUT2D eigenvalue weighted by Gasteiger charge is -2.15. The third-order valence-electron chi connectivity index (χ3n) is 2.81. The molecule has 0 saturated heterocycles. The second-order valence-corrected chi connectivity index (χ2v) is 7.24. The summed E-state index contributed by atoms with van der Waals surface area (Å²) in [6.45, 7) is 10.6. The molecule has 4 nitrogen and oxygen atoms in total. The van der Waals surface area contributed by atoms with Gasteiger partial charge in [0, 0.05) is 15.8 Å². The second kappa shape index (κ2) is 4.96. The van der Waals surface area contributed by atoms with Gasteiger partial charge in [-0.05, 0) is 31.4 Å². The van der Waals surface area contributed by atoms with Crippen LogP contribution in [-0.2, 0) is 10.2 Å². The first-order chi connectivity index (χ1) is 8.77. The molecule has 5 heteroatoms. The molecule has 2 heterocycles. The van der Waals surface area contributed by atoms with Crippen LogP contribution in [0.15, 0.2) is 17.1 Å². The standard InChI is InChI=1S/C14H21N3OS/c1-8(2)15-13-16-11(12(18)17-13)9-6-7-10(19-9)14(3,4)5/h6-8,11H,1-5H3,(H2,15,16,17,18). The lowest BCUT2D eigenvalue weighted by atomic mass is 9.95. The summed E-state index contributed by atoms with van der Waals surface area (Å²) in [6.07, 6.45) is 0. The Labute approximate surface area is 118 Å². The van der Waals surface area contributed by atoms with Gasteiger partial charge in [-0.2, -0.15) is 0 Å². The minimum atomic E-state index is -0.401. The van der Waals surface area contributed by atoms with E-state index in [-0.39, 0.29) is 17.4 Å². The Hall–Kier alpha value is -1.36. The molecule has 0 aromatic carbocycles. The summed E-state index contributed by atoms with van der Waals surface area (Å²) >= 11 is 1.67. The molecule has 1 aromatic heterocycles. The third kappa shape index (κ3) is 3.15. The number of nitrogens with one attached hydrogen (secondary N) is 2. The number of rotatable bonds is 2. The summed E-state index contributed by atoms with van der Waals surface area (Å²) in [6, 6.07) is 3.96. The van der Waals surface area contributed by atoms with Crippen molar-refractivity contribution >= 4 is 23.2 Å². The zero-order valence-corrected chi connectivity index (χ0v) is 12.9. The van der Waals surface area contributed by atoms with Crippen molar-refractivity contribution in [3.8, 4) is 0 Å². The highest BCUT2D eigenvalue weighted by Gasteiger charge is 2.30. The number of carbonyl (C=O) groups excluding carboxylic acids is 1. The lowest BCUT2D eigenvalue weighted by molar-refractivity contribution is -0.120. The van der Waals surface area contributed by atoms with E-state index >= 15 is 0 Å². The molecule has 1 aliphatic heterocycles. The molecule has 0 aliphatic carbocycles. The van der Waals surface area contributed by atoms with Gasteiger partial charge in [-0.3, -0.25) is 10.1 Å². The maximum absolute atomic E-state index is 12.0. The Morgan fingerprint density at radius 2 is 2.05 bits per heavy atom.